The van der Waals surface area contributed by atoms with Crippen LogP contribution in [0.15, 0.2) is 103 Å². The summed E-state index contributed by atoms with van der Waals surface area (Å²) in [7, 11) is 0. The molecule has 156 valence electrons. The predicted molar refractivity (Wildman–Crippen MR) is 128 cm³/mol. The van der Waals surface area contributed by atoms with Gasteiger partial charge in [-0.15, -0.1) is 0 Å². The van der Waals surface area contributed by atoms with Gasteiger partial charge in [0, 0.05) is 24.2 Å². The quantitative estimate of drug-likeness (QED) is 0.371. The van der Waals surface area contributed by atoms with E-state index < -0.39 is 0 Å². The lowest BCUT2D eigenvalue weighted by Gasteiger charge is -2.26. The second kappa shape index (κ2) is 9.32. The van der Waals surface area contributed by atoms with Crippen LogP contribution in [-0.2, 0) is 13.1 Å². The first-order chi connectivity index (χ1) is 15.8. The van der Waals surface area contributed by atoms with Crippen molar-refractivity contribution < 1.29 is 9.47 Å². The number of hydrogen-bond acceptors (Lipinski definition) is 3. The molecule has 0 spiro atoms. The van der Waals surface area contributed by atoms with E-state index in [-0.39, 0.29) is 6.79 Å². The SMILES string of the molecule is C(#Cc1ccccc1N(Cc1ccccc1)Cc1ccccc1)c1ccc2c(c1)OCO2. The normalized spacial score (nSPS) is 11.5. The van der Waals surface area contributed by atoms with Crippen LogP contribution in [0.3, 0.4) is 0 Å². The van der Waals surface area contributed by atoms with Crippen LogP contribution in [-0.4, -0.2) is 6.79 Å². The molecule has 4 aromatic rings. The molecular formula is C29H23NO2. The van der Waals surface area contributed by atoms with Crippen molar-refractivity contribution in [3.05, 3.63) is 125 Å². The smallest absolute Gasteiger partial charge is 0.231 e. The Balaban J connectivity index is 1.48. The fourth-order valence-corrected chi connectivity index (χ4v) is 3.80. The summed E-state index contributed by atoms with van der Waals surface area (Å²) in [6.07, 6.45) is 0. The summed E-state index contributed by atoms with van der Waals surface area (Å²) in [6, 6.07) is 35.3. The Labute approximate surface area is 188 Å². The van der Waals surface area contributed by atoms with E-state index in [9.17, 15) is 0 Å². The maximum Gasteiger partial charge on any atom is 0.231 e. The lowest BCUT2D eigenvalue weighted by molar-refractivity contribution is 0.174. The Bertz CT molecular complexity index is 1220. The number of nitrogens with zero attached hydrogens (tertiary/aromatic N) is 1. The fraction of sp³-hybridized carbons (Fsp3) is 0.103. The molecule has 0 radical (unpaired) electrons. The van der Waals surface area contributed by atoms with Gasteiger partial charge in [-0.1, -0.05) is 84.6 Å². The van der Waals surface area contributed by atoms with Crippen molar-refractivity contribution in [2.24, 2.45) is 0 Å². The summed E-state index contributed by atoms with van der Waals surface area (Å²) < 4.78 is 10.9. The van der Waals surface area contributed by atoms with Crippen molar-refractivity contribution in [1.82, 2.24) is 0 Å². The van der Waals surface area contributed by atoms with E-state index in [1.54, 1.807) is 0 Å². The van der Waals surface area contributed by atoms with E-state index in [1.807, 2.05) is 24.3 Å². The summed E-state index contributed by atoms with van der Waals surface area (Å²) in [5.74, 6) is 8.21. The van der Waals surface area contributed by atoms with Gasteiger partial charge in [0.25, 0.3) is 0 Å². The molecule has 0 aliphatic carbocycles. The lowest BCUT2D eigenvalue weighted by Crippen LogP contribution is -2.23. The Morgan fingerprint density at radius 3 is 1.97 bits per heavy atom. The number of benzene rings is 4. The molecule has 1 heterocycles. The van der Waals surface area contributed by atoms with Gasteiger partial charge in [0.15, 0.2) is 11.5 Å². The third-order valence-corrected chi connectivity index (χ3v) is 5.39. The molecule has 0 saturated carbocycles. The molecule has 32 heavy (non-hydrogen) atoms. The van der Waals surface area contributed by atoms with Gasteiger partial charge in [0.05, 0.1) is 5.69 Å². The topological polar surface area (TPSA) is 21.7 Å². The summed E-state index contributed by atoms with van der Waals surface area (Å²) in [5.41, 5.74) is 5.55. The van der Waals surface area contributed by atoms with Crippen molar-refractivity contribution in [3.63, 3.8) is 0 Å². The number of fused-ring (bicyclic) bond motifs is 1. The zero-order chi connectivity index (χ0) is 21.6. The average molecular weight is 418 g/mol. The van der Waals surface area contributed by atoms with E-state index >= 15 is 0 Å². The van der Waals surface area contributed by atoms with Crippen molar-refractivity contribution in [2.75, 3.05) is 11.7 Å². The third kappa shape index (κ3) is 4.61. The van der Waals surface area contributed by atoms with Gasteiger partial charge >= 0.3 is 0 Å². The van der Waals surface area contributed by atoms with E-state index in [1.165, 1.54) is 11.1 Å². The number of anilines is 1. The first-order valence-electron chi connectivity index (χ1n) is 10.7. The molecule has 0 saturated heterocycles. The summed E-state index contributed by atoms with van der Waals surface area (Å²) in [5, 5.41) is 0. The highest BCUT2D eigenvalue weighted by Gasteiger charge is 2.13. The molecule has 0 bridgehead atoms. The second-order valence-electron chi connectivity index (χ2n) is 7.66. The summed E-state index contributed by atoms with van der Waals surface area (Å²) >= 11 is 0. The molecule has 5 rings (SSSR count). The van der Waals surface area contributed by atoms with Crippen LogP contribution in [0.2, 0.25) is 0 Å². The van der Waals surface area contributed by atoms with Crippen molar-refractivity contribution in [3.8, 4) is 23.3 Å². The number of para-hydroxylation sites is 1. The number of ether oxygens (including phenoxy) is 2. The van der Waals surface area contributed by atoms with Gasteiger partial charge in [-0.2, -0.15) is 0 Å². The molecule has 0 atom stereocenters. The van der Waals surface area contributed by atoms with E-state index in [2.05, 4.69) is 95.6 Å². The van der Waals surface area contributed by atoms with Crippen LogP contribution in [0.4, 0.5) is 5.69 Å². The Morgan fingerprint density at radius 1 is 0.625 bits per heavy atom. The lowest BCUT2D eigenvalue weighted by atomic mass is 10.1. The van der Waals surface area contributed by atoms with Crippen molar-refractivity contribution in [1.29, 1.82) is 0 Å². The first kappa shape index (κ1) is 19.8. The van der Waals surface area contributed by atoms with E-state index in [4.69, 9.17) is 9.47 Å². The molecule has 0 N–H and O–H groups in total. The van der Waals surface area contributed by atoms with Crippen LogP contribution in [0.25, 0.3) is 0 Å². The van der Waals surface area contributed by atoms with Gasteiger partial charge in [0.1, 0.15) is 0 Å². The minimum Gasteiger partial charge on any atom is -0.454 e. The summed E-state index contributed by atoms with van der Waals surface area (Å²) in [4.78, 5) is 2.38. The van der Waals surface area contributed by atoms with Gasteiger partial charge in [0.2, 0.25) is 6.79 Å². The fourth-order valence-electron chi connectivity index (χ4n) is 3.80. The largest absolute Gasteiger partial charge is 0.454 e. The van der Waals surface area contributed by atoms with Crippen LogP contribution in [0.5, 0.6) is 11.5 Å². The zero-order valence-electron chi connectivity index (χ0n) is 17.7. The molecule has 0 unspecified atom stereocenters. The maximum atomic E-state index is 5.49. The zero-order valence-corrected chi connectivity index (χ0v) is 17.7. The maximum absolute atomic E-state index is 5.49. The van der Waals surface area contributed by atoms with Gasteiger partial charge in [-0.05, 0) is 41.5 Å². The molecule has 0 aromatic heterocycles. The van der Waals surface area contributed by atoms with Gasteiger partial charge in [-0.25, -0.2) is 0 Å². The van der Waals surface area contributed by atoms with E-state index in [0.717, 1.165) is 41.4 Å². The second-order valence-corrected chi connectivity index (χ2v) is 7.66. The average Bonchev–Trinajstić information content (AvgIpc) is 3.32. The van der Waals surface area contributed by atoms with Crippen molar-refractivity contribution in [2.45, 2.75) is 13.1 Å². The highest BCUT2D eigenvalue weighted by Crippen LogP contribution is 2.32. The van der Waals surface area contributed by atoms with Gasteiger partial charge < -0.3 is 14.4 Å². The van der Waals surface area contributed by atoms with Gasteiger partial charge in [-0.3, -0.25) is 0 Å². The summed E-state index contributed by atoms with van der Waals surface area (Å²) in [6.45, 7) is 1.87. The standard InChI is InChI=1S/C29H23NO2/c1-3-9-24(10-4-1)20-30(21-25-11-5-2-6-12-25)27-14-8-7-13-26(27)17-15-23-16-18-28-29(19-23)32-22-31-28/h1-14,16,18-19H,20-22H2. The van der Waals surface area contributed by atoms with Crippen LogP contribution >= 0.6 is 0 Å². The minimum absolute atomic E-state index is 0.267. The monoisotopic (exact) mass is 417 g/mol. The highest BCUT2D eigenvalue weighted by atomic mass is 16.7. The highest BCUT2D eigenvalue weighted by molar-refractivity contribution is 5.63. The predicted octanol–water partition coefficient (Wildman–Crippen LogP) is 6.02. The molecule has 4 aromatic carbocycles. The Kier molecular flexibility index (Phi) is 5.76. The first-order valence-corrected chi connectivity index (χ1v) is 10.7. The van der Waals surface area contributed by atoms with Crippen LogP contribution in [0, 0.1) is 11.8 Å². The molecular weight excluding hydrogens is 394 g/mol. The molecule has 0 fully saturated rings. The van der Waals surface area contributed by atoms with Crippen LogP contribution < -0.4 is 14.4 Å². The molecule has 3 nitrogen and oxygen atoms in total. The molecule has 3 heteroatoms. The van der Waals surface area contributed by atoms with E-state index in [0.29, 0.717) is 0 Å². The Hall–Kier alpha value is -4.16. The number of rotatable bonds is 5. The van der Waals surface area contributed by atoms with Crippen LogP contribution in [0.1, 0.15) is 22.3 Å². The third-order valence-electron chi connectivity index (χ3n) is 5.39. The molecule has 0 amide bonds. The minimum atomic E-state index is 0.267. The molecule has 1 aliphatic heterocycles. The van der Waals surface area contributed by atoms with Crippen molar-refractivity contribution >= 4 is 5.69 Å². The Morgan fingerprint density at radius 2 is 1.25 bits per heavy atom. The number of hydrogen-bond donors (Lipinski definition) is 0. The molecule has 1 aliphatic rings.